The van der Waals surface area contributed by atoms with E-state index in [1.165, 1.54) is 93.9 Å². The minimum absolute atomic E-state index is 0.0111. The number of carbonyl (C=O) groups is 16. The first-order chi connectivity index (χ1) is 53.0. The average molecular weight is 1610 g/mol. The largest absolute Gasteiger partial charge is 0.698 e. The summed E-state index contributed by atoms with van der Waals surface area (Å²) >= 11 is 0. The number of amides is 12. The van der Waals surface area contributed by atoms with Gasteiger partial charge < -0.3 is 76.0 Å². The number of nitrogens with one attached hydrogen (secondary N) is 6. The molecule has 113 heavy (non-hydrogen) atoms. The lowest BCUT2D eigenvalue weighted by Gasteiger charge is -2.38. The Labute approximate surface area is 659 Å². The zero-order valence-corrected chi connectivity index (χ0v) is 68.4. The lowest BCUT2D eigenvalue weighted by atomic mass is 9.88. The number of likely N-dealkylation sites (N-methyl/N-ethyl adjacent to an activating group) is 3. The molecule has 4 rings (SSSR count). The summed E-state index contributed by atoms with van der Waals surface area (Å²) in [5.41, 5.74) is 5.91. The number of carbonyl (C=O) groups excluding carboxylic acids is 16. The van der Waals surface area contributed by atoms with Crippen molar-refractivity contribution in [2.45, 2.75) is 215 Å². The fraction of sp³-hybridized carbons (Fsp3) is 0.610. The summed E-state index contributed by atoms with van der Waals surface area (Å²) in [6, 6.07) is 3.98. The fourth-order valence-corrected chi connectivity index (χ4v) is 13.3. The average Bonchev–Trinajstić information content (AvgIpc) is 1.68. The molecule has 2 aromatic carbocycles. The number of Topliss-reactive ketones (excluding diaryl/α,β-unsaturated/α-hetero) is 2. The maximum Gasteiger partial charge on any atom is 0.698 e. The molecule has 2 unspecified atom stereocenters. The molecule has 0 spiro atoms. The maximum absolute atomic E-state index is 15.6. The predicted molar refractivity (Wildman–Crippen MR) is 408 cm³/mol. The van der Waals surface area contributed by atoms with Crippen LogP contribution in [-0.2, 0) is 122 Å². The van der Waals surface area contributed by atoms with Gasteiger partial charge in [0, 0.05) is 102 Å². The number of ether oxygens (including phenoxy) is 5. The van der Waals surface area contributed by atoms with Crippen molar-refractivity contribution in [3.63, 3.8) is 0 Å². The lowest BCUT2D eigenvalue weighted by Crippen LogP contribution is -2.63. The third-order valence-corrected chi connectivity index (χ3v) is 20.1. The number of urea groups is 1. The van der Waals surface area contributed by atoms with Gasteiger partial charge in [-0.15, -0.1) is 9.05 Å². The van der Waals surface area contributed by atoms with E-state index in [1.807, 2.05) is 0 Å². The molecule has 2 aromatic rings. The van der Waals surface area contributed by atoms with E-state index < -0.39 is 205 Å². The molecule has 2 heterocycles. The second kappa shape index (κ2) is 45.7. The number of hydrogen-bond donors (Lipinski definition) is 7. The highest BCUT2D eigenvalue weighted by molar-refractivity contribution is 7.33. The number of primary amides is 1. The SMILES string of the molecule is C=C1C(=O)N[C@@H](C)C(=O)N(C)[C@@H](C)C(=O)N[C@@H]([C@H](OC(=O)[C@@H](CC(=O)CC)[C@H](O[P+](=O)OCc2ccc(NC(=O)[C@H](CCCNC(N)=O)CC(=O)[C@@H](NC(=O)CCOCCN3C(=O)CC(C)C3=O)C(C)C)cc2)C(C)C)C(C)C)C(=O)N(C)[C@@H]([C@@H](C)OC)C(=O)O[C@H](C)[C@H](NC(C)=O)C(=O)O[C@H](Cc2ccccc2)C(=O)N1C. The Morgan fingerprint density at radius 1 is 0.761 bits per heavy atom. The van der Waals surface area contributed by atoms with Gasteiger partial charge in [0.05, 0.1) is 37.8 Å². The zero-order chi connectivity index (χ0) is 85.0. The van der Waals surface area contributed by atoms with Crippen LogP contribution in [0.1, 0.15) is 146 Å². The van der Waals surface area contributed by atoms with Gasteiger partial charge in [0.1, 0.15) is 54.5 Å². The number of benzene rings is 2. The van der Waals surface area contributed by atoms with Crippen LogP contribution in [-0.4, -0.2) is 236 Å². The number of methoxy groups -OCH3 is 1. The highest BCUT2D eigenvalue weighted by atomic mass is 31.1. The second-order valence-electron chi connectivity index (χ2n) is 29.2. The van der Waals surface area contributed by atoms with Gasteiger partial charge in [0.25, 0.3) is 11.8 Å². The molecule has 0 radical (unpaired) electrons. The molecule has 2 fully saturated rings. The molecular weight excluding hydrogens is 1490 g/mol. The first-order valence-electron chi connectivity index (χ1n) is 37.6. The van der Waals surface area contributed by atoms with Crippen LogP contribution in [0.15, 0.2) is 66.9 Å². The van der Waals surface area contributed by atoms with Crippen LogP contribution in [0.3, 0.4) is 0 Å². The van der Waals surface area contributed by atoms with Crippen molar-refractivity contribution >= 4 is 109 Å². The smallest absolute Gasteiger partial charge is 0.459 e. The molecule has 2 aliphatic heterocycles. The van der Waals surface area contributed by atoms with E-state index in [0.717, 1.165) is 33.6 Å². The van der Waals surface area contributed by atoms with Crippen molar-refractivity contribution < 1.29 is 114 Å². The third kappa shape index (κ3) is 28.9. The summed E-state index contributed by atoms with van der Waals surface area (Å²) in [5, 5.41) is 15.4. The van der Waals surface area contributed by atoms with E-state index in [0.29, 0.717) is 11.1 Å². The summed E-state index contributed by atoms with van der Waals surface area (Å²) in [5.74, 6) is -17.3. The molecular formula is C77H113N11O24P+. The van der Waals surface area contributed by atoms with E-state index in [2.05, 4.69) is 38.5 Å². The van der Waals surface area contributed by atoms with Crippen LogP contribution in [0.2, 0.25) is 0 Å². The van der Waals surface area contributed by atoms with Crippen LogP contribution >= 0.6 is 8.25 Å². The molecule has 2 saturated heterocycles. The second-order valence-corrected chi connectivity index (χ2v) is 30.1. The molecule has 35 nitrogen and oxygen atoms in total. The van der Waals surface area contributed by atoms with Crippen molar-refractivity contribution in [3.8, 4) is 0 Å². The Morgan fingerprint density at radius 2 is 1.41 bits per heavy atom. The van der Waals surface area contributed by atoms with Gasteiger partial charge in [0.15, 0.2) is 24.0 Å². The molecule has 624 valence electrons. The van der Waals surface area contributed by atoms with Crippen LogP contribution in [0.5, 0.6) is 0 Å². The van der Waals surface area contributed by atoms with Crippen molar-refractivity contribution in [2.75, 3.05) is 59.9 Å². The Hall–Kier alpha value is -9.96. The number of anilines is 1. The molecule has 0 saturated carbocycles. The van der Waals surface area contributed by atoms with Gasteiger partial charge in [-0.2, -0.15) is 0 Å². The number of hydrogen-bond acceptors (Lipinski definition) is 24. The quantitative estimate of drug-likeness (QED) is 0.0128. The fourth-order valence-electron chi connectivity index (χ4n) is 12.4. The summed E-state index contributed by atoms with van der Waals surface area (Å²) in [7, 11) is 1.57. The highest BCUT2D eigenvalue weighted by Crippen LogP contribution is 2.36. The van der Waals surface area contributed by atoms with Gasteiger partial charge in [-0.1, -0.05) is 104 Å². The number of nitrogens with two attached hydrogens (primary N) is 1. The van der Waals surface area contributed by atoms with E-state index in [9.17, 15) is 71.7 Å². The molecule has 0 bridgehead atoms. The Bertz CT molecular complexity index is 3750. The normalized spacial score (nSPS) is 21.9. The molecule has 0 aliphatic carbocycles. The molecule has 12 amide bonds. The van der Waals surface area contributed by atoms with Crippen molar-refractivity contribution in [1.82, 2.24) is 46.2 Å². The van der Waals surface area contributed by atoms with Crippen LogP contribution in [0.25, 0.3) is 0 Å². The van der Waals surface area contributed by atoms with Gasteiger partial charge in [0.2, 0.25) is 47.3 Å². The Morgan fingerprint density at radius 3 is 1.97 bits per heavy atom. The van der Waals surface area contributed by atoms with E-state index in [4.69, 9.17) is 38.5 Å². The number of cyclic esters (lactones) is 2. The van der Waals surface area contributed by atoms with Crippen molar-refractivity contribution in [2.24, 2.45) is 41.2 Å². The number of rotatable bonds is 36. The standard InChI is InChI=1S/C77H112N11O24P/c1-19-55(90)39-56(65(42(4)5)112-113(105)108-40-52-27-29-54(30-28-52)82-69(96)53(26-23-32-79-77(78)104)38-57(91)61(41(2)3)83-59(92)31-34-107-35-33-88-60(93)36-44(8)70(88)97)74(101)111-66(43(6)7)63-73(100)87(17)64(49(13)106-18)76(103)109-48(12)62(81-50(14)89)75(102)110-58(37-51-24-21-20-22-25-51)72(99)86(16)46(10)67(94)80-45(9)71(98)85(15)47(11)68(95)84-63/h20-22,24-25,27-30,41-45,47-49,53,56,58,61-66H,10,19,23,26,31-40H2,1-9,11-18H3,(H7-,78,79,80,81,82,83,84,89,92,94,95,96,104)/p+1/t44?,45-,47-,48+,49+,53+,56-,58+,61-,62-,63-,64-,65+,66+/m0/s1. The molecule has 36 heteroatoms. The van der Waals surface area contributed by atoms with Crippen molar-refractivity contribution in [3.05, 3.63) is 78.0 Å². The number of ketones is 2. The van der Waals surface area contributed by atoms with Gasteiger partial charge >= 0.3 is 32.2 Å². The van der Waals surface area contributed by atoms with Gasteiger partial charge in [-0.25, -0.2) is 14.4 Å². The van der Waals surface area contributed by atoms with Gasteiger partial charge in [-0.3, -0.25) is 67.2 Å². The molecule has 8 N–H and O–H groups in total. The first kappa shape index (κ1) is 95.4. The first-order valence-corrected chi connectivity index (χ1v) is 38.7. The Balaban J connectivity index is 1.64. The summed E-state index contributed by atoms with van der Waals surface area (Å²) in [6.45, 7) is 22.6. The number of esters is 3. The summed E-state index contributed by atoms with van der Waals surface area (Å²) in [6.07, 6.45) is -8.75. The van der Waals surface area contributed by atoms with Gasteiger partial charge in [-0.05, 0) is 81.5 Å². The minimum Gasteiger partial charge on any atom is -0.459 e. The number of likely N-dealkylation sites (tertiary alicyclic amines) is 1. The number of imide groups is 1. The van der Waals surface area contributed by atoms with Crippen LogP contribution in [0, 0.1) is 35.5 Å². The molecule has 0 aromatic heterocycles. The molecule has 2 aliphatic rings. The van der Waals surface area contributed by atoms with Crippen LogP contribution in [0.4, 0.5) is 10.5 Å². The summed E-state index contributed by atoms with van der Waals surface area (Å²) in [4.78, 5) is 224. The summed E-state index contributed by atoms with van der Waals surface area (Å²) < 4.78 is 54.8. The lowest BCUT2D eigenvalue weighted by molar-refractivity contribution is -0.174. The topological polar surface area (TPSA) is 466 Å². The zero-order valence-electron chi connectivity index (χ0n) is 67.5. The molecule has 15 atom stereocenters. The maximum atomic E-state index is 15.6. The Kier molecular flexibility index (Phi) is 38.6. The van der Waals surface area contributed by atoms with E-state index in [-0.39, 0.29) is 95.4 Å². The third-order valence-electron chi connectivity index (χ3n) is 19.4. The van der Waals surface area contributed by atoms with Crippen LogP contribution < -0.4 is 37.6 Å². The minimum atomic E-state index is -3.16. The predicted octanol–water partition coefficient (Wildman–Crippen LogP) is 3.63. The number of nitrogens with zero attached hydrogens (tertiary/aromatic N) is 4. The monoisotopic (exact) mass is 1610 g/mol. The van der Waals surface area contributed by atoms with Crippen molar-refractivity contribution in [1.29, 1.82) is 0 Å². The van der Waals surface area contributed by atoms with E-state index >= 15 is 9.59 Å². The van der Waals surface area contributed by atoms with E-state index in [1.54, 1.807) is 65.0 Å². The highest BCUT2D eigenvalue weighted by Gasteiger charge is 2.48.